The summed E-state index contributed by atoms with van der Waals surface area (Å²) in [4.78, 5) is 13.5. The number of nitrogens with zero attached hydrogens (tertiary/aromatic N) is 1. The van der Waals surface area contributed by atoms with Crippen molar-refractivity contribution in [3.63, 3.8) is 0 Å². The topological polar surface area (TPSA) is 40.5 Å². The molecule has 3 nitrogen and oxygen atoms in total. The Morgan fingerprint density at radius 1 is 1.67 bits per heavy atom. The number of Topliss-reactive ketones (excluding diaryl/α,β-unsaturated/α-hetero) is 1. The molecule has 0 saturated carbocycles. The van der Waals surface area contributed by atoms with E-state index < -0.39 is 6.10 Å². The van der Waals surface area contributed by atoms with E-state index in [4.69, 9.17) is 5.11 Å². The van der Waals surface area contributed by atoms with Gasteiger partial charge >= 0.3 is 0 Å². The number of likely N-dealkylation sites (tertiary alicyclic amines) is 1. The molecule has 2 atom stereocenters. The number of carbonyl (C=O) groups is 1. The Kier molecular flexibility index (Phi) is 3.23. The van der Waals surface area contributed by atoms with E-state index in [1.54, 1.807) is 6.92 Å². The van der Waals surface area contributed by atoms with Gasteiger partial charge in [-0.1, -0.05) is 0 Å². The third-order valence-electron chi connectivity index (χ3n) is 2.44. The van der Waals surface area contributed by atoms with Crippen molar-refractivity contribution in [2.75, 3.05) is 20.1 Å². The van der Waals surface area contributed by atoms with Gasteiger partial charge < -0.3 is 10.0 Å². The molecule has 1 heterocycles. The monoisotopic (exact) mass is 171 g/mol. The molecule has 3 heteroatoms. The number of piperidine rings is 1. The fraction of sp³-hybridized carbons (Fsp3) is 0.889. The second-order valence-electron chi connectivity index (χ2n) is 3.68. The highest BCUT2D eigenvalue weighted by Crippen LogP contribution is 2.17. The average Bonchev–Trinajstić information content (AvgIpc) is 2.03. The zero-order chi connectivity index (χ0) is 9.14. The predicted molar refractivity (Wildman–Crippen MR) is 46.9 cm³/mol. The zero-order valence-corrected chi connectivity index (χ0v) is 7.79. The summed E-state index contributed by atoms with van der Waals surface area (Å²) in [5.74, 6) is 0.0605. The van der Waals surface area contributed by atoms with Crippen LogP contribution < -0.4 is 0 Å². The van der Waals surface area contributed by atoms with Gasteiger partial charge in [-0.05, 0) is 33.4 Å². The minimum absolute atomic E-state index is 0.00144. The maximum Gasteiger partial charge on any atom is 0.165 e. The first-order valence-electron chi connectivity index (χ1n) is 4.51. The van der Waals surface area contributed by atoms with Gasteiger partial charge in [0.2, 0.25) is 0 Å². The molecule has 0 aromatic carbocycles. The summed E-state index contributed by atoms with van der Waals surface area (Å²) in [6, 6.07) is 0. The Labute approximate surface area is 73.4 Å². The van der Waals surface area contributed by atoms with Crippen LogP contribution in [0.25, 0.3) is 0 Å². The first-order chi connectivity index (χ1) is 5.61. The molecule has 1 rings (SSSR count). The molecule has 0 spiro atoms. The predicted octanol–water partition coefficient (Wildman–Crippen LogP) is 0.278. The van der Waals surface area contributed by atoms with Gasteiger partial charge in [0.1, 0.15) is 6.10 Å². The number of hydrogen-bond donors (Lipinski definition) is 1. The smallest absolute Gasteiger partial charge is 0.165 e. The van der Waals surface area contributed by atoms with Gasteiger partial charge in [-0.15, -0.1) is 0 Å². The van der Waals surface area contributed by atoms with Crippen LogP contribution in [-0.4, -0.2) is 42.0 Å². The van der Waals surface area contributed by atoms with Crippen LogP contribution in [0.15, 0.2) is 0 Å². The molecule has 0 bridgehead atoms. The quantitative estimate of drug-likeness (QED) is 0.648. The Morgan fingerprint density at radius 2 is 2.33 bits per heavy atom. The molecule has 1 aliphatic rings. The van der Waals surface area contributed by atoms with E-state index in [1.165, 1.54) is 0 Å². The maximum atomic E-state index is 11.4. The third-order valence-corrected chi connectivity index (χ3v) is 2.44. The highest BCUT2D eigenvalue weighted by molar-refractivity contribution is 5.85. The molecule has 12 heavy (non-hydrogen) atoms. The second kappa shape index (κ2) is 4.01. The van der Waals surface area contributed by atoms with Gasteiger partial charge in [0.05, 0.1) is 0 Å². The second-order valence-corrected chi connectivity index (χ2v) is 3.68. The number of carbonyl (C=O) groups excluding carboxylic acids is 1. The summed E-state index contributed by atoms with van der Waals surface area (Å²) in [5.41, 5.74) is 0. The molecule has 2 unspecified atom stereocenters. The largest absolute Gasteiger partial charge is 0.386 e. The van der Waals surface area contributed by atoms with E-state index in [2.05, 4.69) is 4.90 Å². The summed E-state index contributed by atoms with van der Waals surface area (Å²) in [7, 11) is 2.02. The number of rotatable bonds is 2. The molecule has 1 fully saturated rings. The highest BCUT2D eigenvalue weighted by atomic mass is 16.3. The fourth-order valence-electron chi connectivity index (χ4n) is 1.74. The lowest BCUT2D eigenvalue weighted by atomic mass is 9.92. The first-order valence-corrected chi connectivity index (χ1v) is 4.51. The fourth-order valence-corrected chi connectivity index (χ4v) is 1.74. The van der Waals surface area contributed by atoms with Crippen LogP contribution in [0.1, 0.15) is 19.8 Å². The molecule has 70 valence electrons. The van der Waals surface area contributed by atoms with E-state index >= 15 is 0 Å². The van der Waals surface area contributed by atoms with Crippen molar-refractivity contribution in [2.45, 2.75) is 25.9 Å². The van der Waals surface area contributed by atoms with Crippen LogP contribution in [0.5, 0.6) is 0 Å². The number of hydrogen-bond acceptors (Lipinski definition) is 3. The lowest BCUT2D eigenvalue weighted by Gasteiger charge is -2.29. The molecule has 0 aromatic rings. The lowest BCUT2D eigenvalue weighted by molar-refractivity contribution is -0.131. The van der Waals surface area contributed by atoms with Crippen LogP contribution in [0, 0.1) is 5.92 Å². The third kappa shape index (κ3) is 2.29. The van der Waals surface area contributed by atoms with Crippen LogP contribution in [0.4, 0.5) is 0 Å². The van der Waals surface area contributed by atoms with Crippen molar-refractivity contribution in [2.24, 2.45) is 5.92 Å². The molecule has 1 N–H and O–H groups in total. The Morgan fingerprint density at radius 3 is 2.83 bits per heavy atom. The van der Waals surface area contributed by atoms with Crippen molar-refractivity contribution in [3.8, 4) is 0 Å². The lowest BCUT2D eigenvalue weighted by Crippen LogP contribution is -2.39. The van der Waals surface area contributed by atoms with Crippen molar-refractivity contribution in [1.82, 2.24) is 4.90 Å². The Hall–Kier alpha value is -0.410. The SMILES string of the molecule is CC(O)C(=O)C1CCCN(C)C1. The molecule has 1 aliphatic heterocycles. The molecule has 0 amide bonds. The molecule has 0 radical (unpaired) electrons. The number of aliphatic hydroxyl groups is 1. The van der Waals surface area contributed by atoms with Gasteiger partial charge in [0.15, 0.2) is 5.78 Å². The zero-order valence-electron chi connectivity index (χ0n) is 7.79. The standard InChI is InChI=1S/C9H17NO2/c1-7(11)9(12)8-4-3-5-10(2)6-8/h7-8,11H,3-6H2,1-2H3. The van der Waals surface area contributed by atoms with Crippen LogP contribution in [0.2, 0.25) is 0 Å². The van der Waals surface area contributed by atoms with E-state index in [1.807, 2.05) is 7.05 Å². The summed E-state index contributed by atoms with van der Waals surface area (Å²) >= 11 is 0. The minimum Gasteiger partial charge on any atom is -0.386 e. The molecular formula is C9H17NO2. The van der Waals surface area contributed by atoms with Gasteiger partial charge in [-0.2, -0.15) is 0 Å². The van der Waals surface area contributed by atoms with E-state index in [0.29, 0.717) is 0 Å². The van der Waals surface area contributed by atoms with Crippen molar-refractivity contribution < 1.29 is 9.90 Å². The average molecular weight is 171 g/mol. The maximum absolute atomic E-state index is 11.4. The summed E-state index contributed by atoms with van der Waals surface area (Å²) in [6.07, 6.45) is 1.22. The molecular weight excluding hydrogens is 154 g/mol. The summed E-state index contributed by atoms with van der Waals surface area (Å²) < 4.78 is 0. The van der Waals surface area contributed by atoms with Gasteiger partial charge in [-0.3, -0.25) is 4.79 Å². The first kappa shape index (κ1) is 9.68. The summed E-state index contributed by atoms with van der Waals surface area (Å²) in [5, 5.41) is 9.09. The van der Waals surface area contributed by atoms with E-state index in [9.17, 15) is 4.79 Å². The Bertz CT molecular complexity index is 168. The van der Waals surface area contributed by atoms with Crippen molar-refractivity contribution >= 4 is 5.78 Å². The van der Waals surface area contributed by atoms with E-state index in [0.717, 1.165) is 25.9 Å². The minimum atomic E-state index is -0.790. The molecule has 1 saturated heterocycles. The highest BCUT2D eigenvalue weighted by Gasteiger charge is 2.26. The van der Waals surface area contributed by atoms with E-state index in [-0.39, 0.29) is 11.7 Å². The van der Waals surface area contributed by atoms with Gasteiger partial charge in [-0.25, -0.2) is 0 Å². The van der Waals surface area contributed by atoms with Crippen LogP contribution >= 0.6 is 0 Å². The van der Waals surface area contributed by atoms with Gasteiger partial charge in [0.25, 0.3) is 0 Å². The molecule has 0 aliphatic carbocycles. The van der Waals surface area contributed by atoms with Crippen molar-refractivity contribution in [3.05, 3.63) is 0 Å². The Balaban J connectivity index is 2.46. The summed E-state index contributed by atoms with van der Waals surface area (Å²) in [6.45, 7) is 3.43. The van der Waals surface area contributed by atoms with Crippen LogP contribution in [0.3, 0.4) is 0 Å². The van der Waals surface area contributed by atoms with Crippen molar-refractivity contribution in [1.29, 1.82) is 0 Å². The number of ketones is 1. The van der Waals surface area contributed by atoms with Gasteiger partial charge in [0, 0.05) is 12.5 Å². The number of aliphatic hydroxyl groups excluding tert-OH is 1. The molecule has 0 aromatic heterocycles. The normalized spacial score (nSPS) is 28.4. The van der Waals surface area contributed by atoms with Crippen LogP contribution in [-0.2, 0) is 4.79 Å².